The molecule has 1 saturated carbocycles. The van der Waals surface area contributed by atoms with E-state index in [4.69, 9.17) is 4.74 Å². The summed E-state index contributed by atoms with van der Waals surface area (Å²) in [5, 5.41) is 23.2. The lowest BCUT2D eigenvalue weighted by Gasteiger charge is -2.30. The van der Waals surface area contributed by atoms with Crippen molar-refractivity contribution < 1.29 is 9.84 Å². The number of hydrogen-bond donors (Lipinski definition) is 2. The van der Waals surface area contributed by atoms with Crippen LogP contribution < -0.4 is 10.3 Å². The fraction of sp³-hybridized carbons (Fsp3) is 0.583. The van der Waals surface area contributed by atoms with Crippen LogP contribution in [0.4, 0.5) is 0 Å². The highest BCUT2D eigenvalue weighted by Crippen LogP contribution is 2.33. The first-order valence-corrected chi connectivity index (χ1v) is 12.1. The van der Waals surface area contributed by atoms with Crippen molar-refractivity contribution in [2.75, 3.05) is 19.8 Å². The summed E-state index contributed by atoms with van der Waals surface area (Å²) in [5.41, 5.74) is 1.35. The Bertz CT molecular complexity index is 1110. The molecule has 3 aromatic rings. The Kier molecular flexibility index (Phi) is 7.72. The summed E-state index contributed by atoms with van der Waals surface area (Å²) in [6.45, 7) is 5.83. The summed E-state index contributed by atoms with van der Waals surface area (Å²) in [4.78, 5) is 18.1. The number of pyridine rings is 1. The maximum atomic E-state index is 12.9. The normalized spacial score (nSPS) is 15.5. The van der Waals surface area contributed by atoms with Crippen molar-refractivity contribution in [1.29, 1.82) is 0 Å². The summed E-state index contributed by atoms with van der Waals surface area (Å²) in [7, 11) is 0. The minimum Gasteiger partial charge on any atom is -0.494 e. The van der Waals surface area contributed by atoms with E-state index in [-0.39, 0.29) is 18.2 Å². The van der Waals surface area contributed by atoms with Gasteiger partial charge in [-0.15, -0.1) is 5.10 Å². The van der Waals surface area contributed by atoms with Gasteiger partial charge in [-0.25, -0.2) is 4.68 Å². The predicted octanol–water partition coefficient (Wildman–Crippen LogP) is 3.36. The molecule has 1 aromatic carbocycles. The molecule has 1 atom stereocenters. The summed E-state index contributed by atoms with van der Waals surface area (Å²) >= 11 is 0. The van der Waals surface area contributed by atoms with Gasteiger partial charge in [0.2, 0.25) is 0 Å². The molecule has 0 bridgehead atoms. The quantitative estimate of drug-likeness (QED) is 0.457. The molecule has 178 valence electrons. The zero-order valence-corrected chi connectivity index (χ0v) is 19.5. The number of H-pyrrole nitrogens is 1. The first-order chi connectivity index (χ1) is 16.1. The molecule has 0 radical (unpaired) electrons. The van der Waals surface area contributed by atoms with E-state index >= 15 is 0 Å². The minimum absolute atomic E-state index is 0.0444. The zero-order chi connectivity index (χ0) is 23.2. The van der Waals surface area contributed by atoms with E-state index < -0.39 is 0 Å². The predicted molar refractivity (Wildman–Crippen MR) is 126 cm³/mol. The van der Waals surface area contributed by atoms with Crippen molar-refractivity contribution in [3.63, 3.8) is 0 Å². The van der Waals surface area contributed by atoms with Crippen LogP contribution in [0.5, 0.6) is 5.75 Å². The Labute approximate surface area is 193 Å². The maximum Gasteiger partial charge on any atom is 0.252 e. The lowest BCUT2D eigenvalue weighted by Crippen LogP contribution is -2.34. The fourth-order valence-electron chi connectivity index (χ4n) is 4.87. The van der Waals surface area contributed by atoms with Gasteiger partial charge in [-0.1, -0.05) is 19.8 Å². The van der Waals surface area contributed by atoms with E-state index in [2.05, 4.69) is 32.3 Å². The van der Waals surface area contributed by atoms with Crippen molar-refractivity contribution in [3.05, 3.63) is 46.0 Å². The molecule has 1 aliphatic carbocycles. The van der Waals surface area contributed by atoms with Crippen molar-refractivity contribution in [3.8, 4) is 5.75 Å². The third-order valence-electron chi connectivity index (χ3n) is 6.49. The number of aliphatic hydroxyl groups excluding tert-OH is 1. The highest BCUT2D eigenvalue weighted by atomic mass is 16.5. The van der Waals surface area contributed by atoms with Gasteiger partial charge < -0.3 is 14.8 Å². The monoisotopic (exact) mass is 454 g/mol. The smallest absolute Gasteiger partial charge is 0.252 e. The molecular formula is C24H34N6O3. The Morgan fingerprint density at radius 1 is 1.27 bits per heavy atom. The number of ether oxygens (including phenoxy) is 1. The average Bonchev–Trinajstić information content (AvgIpc) is 3.51. The number of hydrogen-bond acceptors (Lipinski definition) is 7. The summed E-state index contributed by atoms with van der Waals surface area (Å²) in [6.07, 6.45) is 6.01. The van der Waals surface area contributed by atoms with Crippen LogP contribution >= 0.6 is 0 Å². The molecule has 1 fully saturated rings. The molecular weight excluding hydrogens is 420 g/mol. The van der Waals surface area contributed by atoms with E-state index in [1.807, 2.05) is 35.9 Å². The van der Waals surface area contributed by atoms with Crippen LogP contribution in [-0.4, -0.2) is 55.0 Å². The van der Waals surface area contributed by atoms with Gasteiger partial charge in [0.25, 0.3) is 5.56 Å². The second kappa shape index (κ2) is 10.9. The Balaban J connectivity index is 1.66. The van der Waals surface area contributed by atoms with Crippen molar-refractivity contribution in [1.82, 2.24) is 30.1 Å². The van der Waals surface area contributed by atoms with Crippen molar-refractivity contribution in [2.24, 2.45) is 0 Å². The lowest BCUT2D eigenvalue weighted by molar-refractivity contribution is 0.150. The molecule has 1 aliphatic rings. The first kappa shape index (κ1) is 23.4. The Morgan fingerprint density at radius 3 is 2.82 bits per heavy atom. The molecule has 2 aromatic heterocycles. The van der Waals surface area contributed by atoms with Gasteiger partial charge in [-0.2, -0.15) is 0 Å². The number of aliphatic hydroxyl groups is 1. The lowest BCUT2D eigenvalue weighted by atomic mass is 10.1. The first-order valence-electron chi connectivity index (χ1n) is 12.1. The molecule has 0 amide bonds. The number of aromatic amines is 1. The molecule has 0 aliphatic heterocycles. The standard InChI is InChI=1S/C24H34N6O3/c1-3-22(23-26-27-28-30(23)19-8-5-6-9-19)29(12-7-13-31)16-18-14-17-15-20(33-4-2)10-11-21(17)25-24(18)32/h10-11,14-15,19,22,31H,3-9,12-13,16H2,1-2H3,(H,25,32)/t22-/m1/s1. The summed E-state index contributed by atoms with van der Waals surface area (Å²) in [5.74, 6) is 1.63. The molecule has 33 heavy (non-hydrogen) atoms. The van der Waals surface area contributed by atoms with Crippen LogP contribution in [0, 0.1) is 0 Å². The van der Waals surface area contributed by atoms with Crippen LogP contribution in [-0.2, 0) is 6.54 Å². The van der Waals surface area contributed by atoms with E-state index in [1.165, 1.54) is 12.8 Å². The molecule has 0 saturated heterocycles. The largest absolute Gasteiger partial charge is 0.494 e. The highest BCUT2D eigenvalue weighted by molar-refractivity contribution is 5.80. The fourth-order valence-corrected chi connectivity index (χ4v) is 4.87. The van der Waals surface area contributed by atoms with Gasteiger partial charge in [0, 0.05) is 36.2 Å². The van der Waals surface area contributed by atoms with Crippen molar-refractivity contribution in [2.45, 2.75) is 71.0 Å². The van der Waals surface area contributed by atoms with Gasteiger partial charge >= 0.3 is 0 Å². The average molecular weight is 455 g/mol. The van der Waals surface area contributed by atoms with Crippen LogP contribution in [0.15, 0.2) is 29.1 Å². The van der Waals surface area contributed by atoms with Crippen molar-refractivity contribution >= 4 is 10.9 Å². The van der Waals surface area contributed by atoms with E-state index in [9.17, 15) is 9.90 Å². The summed E-state index contributed by atoms with van der Waals surface area (Å²) < 4.78 is 7.62. The number of fused-ring (bicyclic) bond motifs is 1. The molecule has 2 N–H and O–H groups in total. The van der Waals surface area contributed by atoms with Crippen LogP contribution in [0.25, 0.3) is 10.9 Å². The number of rotatable bonds is 11. The molecule has 0 unspecified atom stereocenters. The number of aromatic nitrogens is 5. The molecule has 9 nitrogen and oxygen atoms in total. The van der Waals surface area contributed by atoms with Gasteiger partial charge in [-0.3, -0.25) is 9.69 Å². The number of nitrogens with zero attached hydrogens (tertiary/aromatic N) is 5. The number of tetrazole rings is 1. The molecule has 2 heterocycles. The number of nitrogens with one attached hydrogen (secondary N) is 1. The SMILES string of the molecule is CCOc1ccc2[nH]c(=O)c(CN(CCCO)[C@H](CC)c3nnnn3C3CCCC3)cc2c1. The van der Waals surface area contributed by atoms with Crippen LogP contribution in [0.2, 0.25) is 0 Å². The second-order valence-corrected chi connectivity index (χ2v) is 8.70. The second-order valence-electron chi connectivity index (χ2n) is 8.70. The molecule has 9 heteroatoms. The van der Waals surface area contributed by atoms with E-state index in [1.54, 1.807) is 0 Å². The molecule has 4 rings (SSSR count). The van der Waals surface area contributed by atoms with Crippen LogP contribution in [0.1, 0.15) is 75.8 Å². The van der Waals surface area contributed by atoms with E-state index in [0.717, 1.165) is 41.7 Å². The topological polar surface area (TPSA) is 109 Å². The maximum absolute atomic E-state index is 12.9. The third kappa shape index (κ3) is 5.25. The van der Waals surface area contributed by atoms with Gasteiger partial charge in [-0.05, 0) is 67.3 Å². The van der Waals surface area contributed by atoms with Crippen LogP contribution in [0.3, 0.4) is 0 Å². The Morgan fingerprint density at radius 2 is 2.09 bits per heavy atom. The van der Waals surface area contributed by atoms with Gasteiger partial charge in [0.15, 0.2) is 5.82 Å². The third-order valence-corrected chi connectivity index (χ3v) is 6.49. The minimum atomic E-state index is -0.106. The summed E-state index contributed by atoms with van der Waals surface area (Å²) in [6, 6.07) is 7.93. The van der Waals surface area contributed by atoms with Gasteiger partial charge in [0.05, 0.1) is 18.7 Å². The Hall–Kier alpha value is -2.78. The zero-order valence-electron chi connectivity index (χ0n) is 19.5. The van der Waals surface area contributed by atoms with Gasteiger partial charge in [0.1, 0.15) is 5.75 Å². The van der Waals surface area contributed by atoms with E-state index in [0.29, 0.717) is 37.7 Å². The number of benzene rings is 1. The highest BCUT2D eigenvalue weighted by Gasteiger charge is 2.29. The molecule has 0 spiro atoms.